The Morgan fingerprint density at radius 3 is 2.57 bits per heavy atom. The number of nitrogens with zero attached hydrogens (tertiary/aromatic N) is 1. The van der Waals surface area contributed by atoms with Crippen LogP contribution >= 0.6 is 38.5 Å². The second kappa shape index (κ2) is 4.35. The number of rotatable bonds is 2. The van der Waals surface area contributed by atoms with E-state index in [4.69, 9.17) is 0 Å². The highest BCUT2D eigenvalue weighted by Crippen LogP contribution is 2.28. The number of hydrogen-bond acceptors (Lipinski definition) is 3. The molecule has 0 saturated carbocycles. The highest BCUT2D eigenvalue weighted by atomic mass is 127. The fourth-order valence-electron chi connectivity index (χ4n) is 0.969. The highest BCUT2D eigenvalue weighted by Gasteiger charge is 2.19. The van der Waals surface area contributed by atoms with Crippen LogP contribution in [0, 0.1) is 13.7 Å². The van der Waals surface area contributed by atoms with Gasteiger partial charge in [-0.3, -0.25) is 14.9 Å². The van der Waals surface area contributed by atoms with Crippen molar-refractivity contribution in [2.75, 3.05) is 0 Å². The molecule has 0 fully saturated rings. The first kappa shape index (κ1) is 11.6. The SMILES string of the molecule is CC(=O)c1cc(Br)c(I)cc1[N+](=O)[O-]. The number of hydrogen-bond donors (Lipinski definition) is 0. The van der Waals surface area contributed by atoms with Crippen molar-refractivity contribution >= 4 is 50.0 Å². The van der Waals surface area contributed by atoms with Crippen molar-refractivity contribution in [3.63, 3.8) is 0 Å². The number of halogens is 2. The summed E-state index contributed by atoms with van der Waals surface area (Å²) >= 11 is 5.18. The Morgan fingerprint density at radius 2 is 2.14 bits per heavy atom. The lowest BCUT2D eigenvalue weighted by atomic mass is 10.1. The third-order valence-corrected chi connectivity index (χ3v) is 3.90. The molecule has 0 radical (unpaired) electrons. The summed E-state index contributed by atoms with van der Waals surface area (Å²) in [6.45, 7) is 1.31. The number of benzene rings is 1. The molecule has 0 saturated heterocycles. The van der Waals surface area contributed by atoms with E-state index in [1.807, 2.05) is 22.6 Å². The van der Waals surface area contributed by atoms with Crippen LogP contribution in [0.2, 0.25) is 0 Å². The molecule has 4 nitrogen and oxygen atoms in total. The average Bonchev–Trinajstić information content (AvgIpc) is 2.08. The molecular formula is C8H5BrINO3. The second-order valence-electron chi connectivity index (χ2n) is 2.60. The molecule has 1 aromatic carbocycles. The molecule has 0 heterocycles. The molecule has 74 valence electrons. The Labute approximate surface area is 102 Å². The van der Waals surface area contributed by atoms with Gasteiger partial charge in [-0.2, -0.15) is 0 Å². The van der Waals surface area contributed by atoms with E-state index < -0.39 is 4.92 Å². The van der Waals surface area contributed by atoms with Gasteiger partial charge in [0.15, 0.2) is 5.78 Å². The monoisotopic (exact) mass is 369 g/mol. The highest BCUT2D eigenvalue weighted by molar-refractivity contribution is 14.1. The van der Waals surface area contributed by atoms with Crippen molar-refractivity contribution in [2.24, 2.45) is 0 Å². The standard InChI is InChI=1S/C8H5BrINO3/c1-4(12)5-2-6(9)7(10)3-8(5)11(13)14/h2-3H,1H3. The van der Waals surface area contributed by atoms with Crippen LogP contribution in [0.4, 0.5) is 5.69 Å². The van der Waals surface area contributed by atoms with E-state index in [2.05, 4.69) is 15.9 Å². The molecule has 0 aliphatic rings. The summed E-state index contributed by atoms with van der Waals surface area (Å²) in [7, 11) is 0. The first-order chi connectivity index (χ1) is 6.43. The number of nitro benzene ring substituents is 1. The number of carbonyl (C=O) groups excluding carboxylic acids is 1. The molecule has 1 aromatic rings. The maximum Gasteiger partial charge on any atom is 0.281 e. The van der Waals surface area contributed by atoms with E-state index in [0.29, 0.717) is 8.04 Å². The Hall–Kier alpha value is -0.500. The summed E-state index contributed by atoms with van der Waals surface area (Å²) in [6, 6.07) is 2.85. The molecule has 0 aromatic heterocycles. The molecule has 0 aliphatic heterocycles. The van der Waals surface area contributed by atoms with Crippen LogP contribution in [0.25, 0.3) is 0 Å². The van der Waals surface area contributed by atoms with E-state index in [-0.39, 0.29) is 17.0 Å². The lowest BCUT2D eigenvalue weighted by Crippen LogP contribution is -2.01. The van der Waals surface area contributed by atoms with Crippen LogP contribution in [-0.4, -0.2) is 10.7 Å². The van der Waals surface area contributed by atoms with Crippen molar-refractivity contribution in [3.8, 4) is 0 Å². The van der Waals surface area contributed by atoms with Crippen molar-refractivity contribution in [3.05, 3.63) is 35.9 Å². The van der Waals surface area contributed by atoms with E-state index in [0.717, 1.165) is 0 Å². The lowest BCUT2D eigenvalue weighted by molar-refractivity contribution is -0.385. The summed E-state index contributed by atoms with van der Waals surface area (Å²) in [5.74, 6) is -0.311. The van der Waals surface area contributed by atoms with Gasteiger partial charge < -0.3 is 0 Å². The normalized spacial score (nSPS) is 9.93. The van der Waals surface area contributed by atoms with Gasteiger partial charge in [0.05, 0.1) is 10.5 Å². The third kappa shape index (κ3) is 2.30. The van der Waals surface area contributed by atoms with E-state index >= 15 is 0 Å². The second-order valence-corrected chi connectivity index (χ2v) is 4.61. The van der Waals surface area contributed by atoms with Crippen LogP contribution in [-0.2, 0) is 0 Å². The van der Waals surface area contributed by atoms with Gasteiger partial charge in [0.25, 0.3) is 5.69 Å². The van der Waals surface area contributed by atoms with Crippen molar-refractivity contribution in [1.29, 1.82) is 0 Å². The van der Waals surface area contributed by atoms with E-state index in [9.17, 15) is 14.9 Å². The maximum atomic E-state index is 11.1. The van der Waals surface area contributed by atoms with Crippen molar-refractivity contribution in [1.82, 2.24) is 0 Å². The Bertz CT molecular complexity index is 380. The summed E-state index contributed by atoms with van der Waals surface area (Å²) in [5, 5.41) is 10.6. The zero-order valence-electron chi connectivity index (χ0n) is 7.08. The molecule has 0 atom stereocenters. The van der Waals surface area contributed by atoms with Crippen molar-refractivity contribution in [2.45, 2.75) is 6.92 Å². The largest absolute Gasteiger partial charge is 0.294 e. The molecule has 0 N–H and O–H groups in total. The molecule has 14 heavy (non-hydrogen) atoms. The van der Waals surface area contributed by atoms with Crippen LogP contribution in [0.5, 0.6) is 0 Å². The smallest absolute Gasteiger partial charge is 0.281 e. The summed E-state index contributed by atoms with van der Waals surface area (Å²) in [5.41, 5.74) is -0.0209. The first-order valence-electron chi connectivity index (χ1n) is 3.58. The Morgan fingerprint density at radius 1 is 1.57 bits per heavy atom. The number of nitro groups is 1. The molecule has 0 bridgehead atoms. The maximum absolute atomic E-state index is 11.1. The minimum Gasteiger partial charge on any atom is -0.294 e. The van der Waals surface area contributed by atoms with Gasteiger partial charge in [0, 0.05) is 14.1 Å². The van der Waals surface area contributed by atoms with E-state index in [1.165, 1.54) is 19.1 Å². The molecule has 1 rings (SSSR count). The number of Topliss-reactive ketones (excluding diaryl/α,β-unsaturated/α-hetero) is 1. The number of carbonyl (C=O) groups is 1. The van der Waals surface area contributed by atoms with Crippen LogP contribution < -0.4 is 0 Å². The minimum absolute atomic E-state index is 0.127. The molecule has 0 unspecified atom stereocenters. The zero-order chi connectivity index (χ0) is 10.9. The fourth-order valence-corrected chi connectivity index (χ4v) is 1.76. The van der Waals surface area contributed by atoms with Crippen LogP contribution in [0.1, 0.15) is 17.3 Å². The average molecular weight is 370 g/mol. The van der Waals surface area contributed by atoms with Gasteiger partial charge in [0.2, 0.25) is 0 Å². The van der Waals surface area contributed by atoms with Crippen LogP contribution in [0.3, 0.4) is 0 Å². The molecule has 0 spiro atoms. The predicted molar refractivity (Wildman–Crippen MR) is 63.5 cm³/mol. The summed E-state index contributed by atoms with van der Waals surface area (Å²) in [6.07, 6.45) is 0. The van der Waals surface area contributed by atoms with E-state index in [1.54, 1.807) is 0 Å². The quantitative estimate of drug-likeness (QED) is 0.348. The first-order valence-corrected chi connectivity index (χ1v) is 5.45. The van der Waals surface area contributed by atoms with Gasteiger partial charge in [-0.15, -0.1) is 0 Å². The summed E-state index contributed by atoms with van der Waals surface area (Å²) in [4.78, 5) is 21.2. The predicted octanol–water partition coefficient (Wildman–Crippen LogP) is 3.16. The lowest BCUT2D eigenvalue weighted by Gasteiger charge is -2.01. The minimum atomic E-state index is -0.550. The topological polar surface area (TPSA) is 60.2 Å². The van der Waals surface area contributed by atoms with Crippen molar-refractivity contribution < 1.29 is 9.72 Å². The van der Waals surface area contributed by atoms with Gasteiger partial charge in [-0.05, 0) is 51.5 Å². The molecular weight excluding hydrogens is 365 g/mol. The zero-order valence-corrected chi connectivity index (χ0v) is 10.8. The molecule has 0 aliphatic carbocycles. The van der Waals surface area contributed by atoms with Gasteiger partial charge in [-0.1, -0.05) is 0 Å². The molecule has 6 heteroatoms. The number of ketones is 1. The third-order valence-electron chi connectivity index (χ3n) is 1.61. The Balaban J connectivity index is 3.46. The van der Waals surface area contributed by atoms with Gasteiger partial charge in [0.1, 0.15) is 0 Å². The van der Waals surface area contributed by atoms with Gasteiger partial charge in [-0.25, -0.2) is 0 Å². The van der Waals surface area contributed by atoms with Gasteiger partial charge >= 0.3 is 0 Å². The summed E-state index contributed by atoms with van der Waals surface area (Å²) < 4.78 is 1.40. The molecule has 0 amide bonds. The fraction of sp³-hybridized carbons (Fsp3) is 0.125. The Kier molecular flexibility index (Phi) is 3.59. The van der Waals surface area contributed by atoms with Crippen LogP contribution in [0.15, 0.2) is 16.6 Å².